The molecule has 3 unspecified atom stereocenters. The fourth-order valence-corrected chi connectivity index (χ4v) is 9.96. The highest BCUT2D eigenvalue weighted by Gasteiger charge is 2.52. The third kappa shape index (κ3) is 6.16. The Balaban J connectivity index is 1.62. The Morgan fingerprint density at radius 3 is 1.92 bits per heavy atom. The molecule has 1 heterocycles. The van der Waals surface area contributed by atoms with Crippen LogP contribution in [0.4, 0.5) is 9.59 Å². The monoisotopic (exact) mass is 548 g/mol. The number of nitrogens with one attached hydrogen (secondary N) is 1. The van der Waals surface area contributed by atoms with Crippen molar-refractivity contribution in [3.63, 3.8) is 0 Å². The van der Waals surface area contributed by atoms with E-state index < -0.39 is 38.7 Å². The fraction of sp³-hybridized carbons (Fsp3) is 0.333. The molecule has 3 aromatic carbocycles. The van der Waals surface area contributed by atoms with E-state index in [1.54, 1.807) is 0 Å². The molecule has 0 radical (unpaired) electrons. The van der Waals surface area contributed by atoms with Crippen LogP contribution in [0.2, 0.25) is 5.04 Å². The van der Waals surface area contributed by atoms with Crippen molar-refractivity contribution < 1.29 is 29.0 Å². The summed E-state index contributed by atoms with van der Waals surface area (Å²) in [6.07, 6.45) is -3.03. The summed E-state index contributed by atoms with van der Waals surface area (Å²) in [4.78, 5) is 26.0. The molecule has 0 saturated carbocycles. The van der Waals surface area contributed by atoms with Crippen molar-refractivity contribution >= 4 is 30.9 Å². The summed E-state index contributed by atoms with van der Waals surface area (Å²) in [6, 6.07) is 27.6. The maximum Gasteiger partial charge on any atom is 0.407 e. The molecule has 1 fully saturated rings. The third-order valence-electron chi connectivity index (χ3n) is 7.24. The molecule has 0 bridgehead atoms. The van der Waals surface area contributed by atoms with Gasteiger partial charge in [0.05, 0.1) is 31.3 Å². The van der Waals surface area contributed by atoms with Gasteiger partial charge in [-0.2, -0.15) is 0 Å². The molecular formula is C30H36N2O6Si. The van der Waals surface area contributed by atoms with Crippen LogP contribution in [0.1, 0.15) is 26.3 Å². The minimum Gasteiger partial charge on any atom is -0.465 e. The van der Waals surface area contributed by atoms with Crippen molar-refractivity contribution in [2.75, 3.05) is 13.2 Å². The van der Waals surface area contributed by atoms with Crippen molar-refractivity contribution in [2.24, 2.45) is 0 Å². The van der Waals surface area contributed by atoms with E-state index >= 15 is 0 Å². The lowest BCUT2D eigenvalue weighted by Gasteiger charge is -2.44. The number of aliphatic hydroxyl groups excluding tert-OH is 1. The van der Waals surface area contributed by atoms with Crippen molar-refractivity contribution in [1.29, 1.82) is 0 Å². The molecule has 3 atom stereocenters. The average molecular weight is 549 g/mol. The molecule has 0 aromatic heterocycles. The van der Waals surface area contributed by atoms with E-state index in [0.29, 0.717) is 0 Å². The molecule has 0 aliphatic carbocycles. The van der Waals surface area contributed by atoms with Gasteiger partial charge < -0.3 is 24.7 Å². The molecule has 1 aliphatic rings. The van der Waals surface area contributed by atoms with Gasteiger partial charge in [-0.25, -0.2) is 9.59 Å². The second-order valence-electron chi connectivity index (χ2n) is 10.8. The Morgan fingerprint density at radius 2 is 1.44 bits per heavy atom. The molecule has 3 aromatic rings. The molecule has 3 N–H and O–H groups in total. The van der Waals surface area contributed by atoms with Crippen LogP contribution in [0.15, 0.2) is 91.0 Å². The molecule has 4 rings (SSSR count). The quantitative estimate of drug-likeness (QED) is 0.372. The molecule has 8 nitrogen and oxygen atoms in total. The smallest absolute Gasteiger partial charge is 0.407 e. The zero-order chi connectivity index (χ0) is 28.0. The van der Waals surface area contributed by atoms with Gasteiger partial charge in [0, 0.05) is 0 Å². The zero-order valence-corrected chi connectivity index (χ0v) is 23.5. The van der Waals surface area contributed by atoms with Crippen LogP contribution >= 0.6 is 0 Å². The number of rotatable bonds is 8. The third-order valence-corrected chi connectivity index (χ3v) is 12.2. The first-order valence-electron chi connectivity index (χ1n) is 13.0. The van der Waals surface area contributed by atoms with E-state index in [-0.39, 0.29) is 24.8 Å². The Labute approximate surface area is 230 Å². The summed E-state index contributed by atoms with van der Waals surface area (Å²) in [5.74, 6) is 0. The number of ether oxygens (including phenoxy) is 1. The number of alkyl carbamates (subject to hydrolysis) is 1. The maximum absolute atomic E-state index is 12.7. The number of carbonyl (C=O) groups is 2. The number of benzene rings is 3. The number of carboxylic acid groups (broad SMARTS) is 1. The van der Waals surface area contributed by atoms with Crippen molar-refractivity contribution in [1.82, 2.24) is 10.2 Å². The number of carbonyl (C=O) groups excluding carboxylic acids is 1. The minimum atomic E-state index is -2.98. The van der Waals surface area contributed by atoms with Gasteiger partial charge in [0.15, 0.2) is 0 Å². The second-order valence-corrected chi connectivity index (χ2v) is 15.1. The first-order valence-corrected chi connectivity index (χ1v) is 14.9. The summed E-state index contributed by atoms with van der Waals surface area (Å²) < 4.78 is 12.3. The van der Waals surface area contributed by atoms with E-state index in [9.17, 15) is 19.8 Å². The van der Waals surface area contributed by atoms with Gasteiger partial charge in [-0.3, -0.25) is 4.90 Å². The van der Waals surface area contributed by atoms with Gasteiger partial charge in [-0.15, -0.1) is 0 Å². The number of aliphatic hydroxyl groups is 1. The molecule has 1 saturated heterocycles. The molecule has 0 spiro atoms. The first kappa shape index (κ1) is 28.3. The largest absolute Gasteiger partial charge is 0.465 e. The van der Waals surface area contributed by atoms with Gasteiger partial charge >= 0.3 is 12.2 Å². The minimum absolute atomic E-state index is 0.0136. The Kier molecular flexibility index (Phi) is 8.74. The molecule has 206 valence electrons. The summed E-state index contributed by atoms with van der Waals surface area (Å²) >= 11 is 0. The molecule has 39 heavy (non-hydrogen) atoms. The standard InChI is InChI=1S/C30H36N2O6Si/c1-30(2,3)39(23-15-9-5-10-16-23,24-17-11-6-12-18-24)38-21-25-27(26(33)19-32(25)29(35)36)31-28(34)37-20-22-13-7-4-8-14-22/h4-18,25-27,33H,19-21H2,1-3H3,(H,31,34)(H,35,36). The zero-order valence-electron chi connectivity index (χ0n) is 22.5. The summed E-state index contributed by atoms with van der Waals surface area (Å²) in [7, 11) is -2.98. The highest BCUT2D eigenvalue weighted by molar-refractivity contribution is 6.99. The Morgan fingerprint density at radius 1 is 0.923 bits per heavy atom. The number of amides is 2. The van der Waals surface area contributed by atoms with Crippen LogP contribution in [0, 0.1) is 0 Å². The van der Waals surface area contributed by atoms with Gasteiger partial charge in [0.2, 0.25) is 0 Å². The van der Waals surface area contributed by atoms with Crippen molar-refractivity contribution in [2.45, 2.75) is 50.6 Å². The number of hydrogen-bond donors (Lipinski definition) is 3. The molecule has 2 amide bonds. The van der Waals surface area contributed by atoms with Gasteiger partial charge in [-0.05, 0) is 21.0 Å². The van der Waals surface area contributed by atoms with Crippen LogP contribution < -0.4 is 15.7 Å². The normalized spacial score (nSPS) is 19.5. The highest BCUT2D eigenvalue weighted by Crippen LogP contribution is 2.37. The predicted octanol–water partition coefficient (Wildman–Crippen LogP) is 3.58. The molecule has 9 heteroatoms. The molecular weight excluding hydrogens is 512 g/mol. The lowest BCUT2D eigenvalue weighted by Crippen LogP contribution is -2.68. The van der Waals surface area contributed by atoms with Crippen molar-refractivity contribution in [3.05, 3.63) is 96.6 Å². The average Bonchev–Trinajstić information content (AvgIpc) is 3.24. The van der Waals surface area contributed by atoms with E-state index in [1.165, 1.54) is 0 Å². The Bertz CT molecular complexity index is 1200. The van der Waals surface area contributed by atoms with Crippen LogP contribution in [-0.4, -0.2) is 67.0 Å². The second kappa shape index (κ2) is 12.0. The highest BCUT2D eigenvalue weighted by atomic mass is 28.4. The summed E-state index contributed by atoms with van der Waals surface area (Å²) in [5.41, 5.74) is 0.818. The molecule has 1 aliphatic heterocycles. The van der Waals surface area contributed by atoms with E-state index in [4.69, 9.17) is 9.16 Å². The van der Waals surface area contributed by atoms with Crippen LogP contribution in [0.5, 0.6) is 0 Å². The number of likely N-dealkylation sites (tertiary alicyclic amines) is 1. The van der Waals surface area contributed by atoms with Crippen LogP contribution in [0.3, 0.4) is 0 Å². The van der Waals surface area contributed by atoms with Gasteiger partial charge in [0.25, 0.3) is 8.32 Å². The van der Waals surface area contributed by atoms with Crippen LogP contribution in [0.25, 0.3) is 0 Å². The summed E-state index contributed by atoms with van der Waals surface area (Å²) in [5, 5.41) is 25.3. The topological polar surface area (TPSA) is 108 Å². The van der Waals surface area contributed by atoms with Gasteiger partial charge in [-0.1, -0.05) is 112 Å². The fourth-order valence-electron chi connectivity index (χ4n) is 5.38. The Hall–Kier alpha value is -3.66. The number of β-amino-alcohol motifs (C(OH)–C–C–N with tert-alkyl or cyclic N) is 1. The van der Waals surface area contributed by atoms with E-state index in [2.05, 4.69) is 50.4 Å². The van der Waals surface area contributed by atoms with Crippen molar-refractivity contribution in [3.8, 4) is 0 Å². The maximum atomic E-state index is 12.7. The van der Waals surface area contributed by atoms with Gasteiger partial charge in [0.1, 0.15) is 6.61 Å². The lowest BCUT2D eigenvalue weighted by molar-refractivity contribution is 0.103. The lowest BCUT2D eigenvalue weighted by atomic mass is 10.1. The predicted molar refractivity (Wildman–Crippen MR) is 152 cm³/mol. The summed E-state index contributed by atoms with van der Waals surface area (Å²) in [6.45, 7) is 6.30. The van der Waals surface area contributed by atoms with Crippen LogP contribution in [-0.2, 0) is 15.8 Å². The first-order chi connectivity index (χ1) is 18.6. The SMILES string of the molecule is CC(C)(C)[Si](OCC1C(NC(=O)OCc2ccccc2)C(O)CN1C(=O)O)(c1ccccc1)c1ccccc1. The van der Waals surface area contributed by atoms with E-state index in [0.717, 1.165) is 20.8 Å². The number of nitrogens with zero attached hydrogens (tertiary/aromatic N) is 1. The van der Waals surface area contributed by atoms with E-state index in [1.807, 2.05) is 66.7 Å². The number of hydrogen-bond acceptors (Lipinski definition) is 5.